The lowest BCUT2D eigenvalue weighted by atomic mass is 10.0. The van der Waals surface area contributed by atoms with Gasteiger partial charge in [0.2, 0.25) is 0 Å². The van der Waals surface area contributed by atoms with E-state index in [4.69, 9.17) is 0 Å². The summed E-state index contributed by atoms with van der Waals surface area (Å²) in [5.74, 6) is 2.13. The molecule has 2 heterocycles. The van der Waals surface area contributed by atoms with Crippen LogP contribution in [-0.2, 0) is 19.4 Å². The fourth-order valence-corrected chi connectivity index (χ4v) is 2.02. The van der Waals surface area contributed by atoms with E-state index in [2.05, 4.69) is 29.6 Å². The summed E-state index contributed by atoms with van der Waals surface area (Å²) in [5, 5.41) is 0. The molecule has 2 nitrogen and oxygen atoms in total. The molecule has 0 spiro atoms. The van der Waals surface area contributed by atoms with Gasteiger partial charge in [0.15, 0.2) is 0 Å². The number of imidazole rings is 1. The van der Waals surface area contributed by atoms with Crippen molar-refractivity contribution in [1.82, 2.24) is 9.55 Å². The van der Waals surface area contributed by atoms with Crippen molar-refractivity contribution in [2.45, 2.75) is 46.1 Å². The standard InChI is InChI=1S/C11H18N2/c1-3-4-10-8-13-6-5-9(2)7-11(13)12-10/h8-9H,3-7H2,1-2H3. The van der Waals surface area contributed by atoms with Gasteiger partial charge in [0.1, 0.15) is 5.82 Å². The number of nitrogens with zero attached hydrogens (tertiary/aromatic N) is 2. The molecule has 1 unspecified atom stereocenters. The van der Waals surface area contributed by atoms with Gasteiger partial charge in [0.25, 0.3) is 0 Å². The predicted molar refractivity (Wildman–Crippen MR) is 53.7 cm³/mol. The van der Waals surface area contributed by atoms with Crippen LogP contribution in [0, 0.1) is 5.92 Å². The molecule has 0 saturated heterocycles. The van der Waals surface area contributed by atoms with Crippen molar-refractivity contribution >= 4 is 0 Å². The quantitative estimate of drug-likeness (QED) is 0.680. The van der Waals surface area contributed by atoms with Crippen molar-refractivity contribution in [2.75, 3.05) is 0 Å². The molecule has 0 N–H and O–H groups in total. The van der Waals surface area contributed by atoms with Gasteiger partial charge in [-0.05, 0) is 18.8 Å². The average Bonchev–Trinajstić information content (AvgIpc) is 2.46. The second kappa shape index (κ2) is 3.52. The van der Waals surface area contributed by atoms with Gasteiger partial charge >= 0.3 is 0 Å². The topological polar surface area (TPSA) is 17.8 Å². The molecule has 2 rings (SSSR count). The molecule has 1 atom stereocenters. The molecule has 72 valence electrons. The first-order valence-electron chi connectivity index (χ1n) is 5.34. The van der Waals surface area contributed by atoms with Gasteiger partial charge in [-0.3, -0.25) is 0 Å². The maximum absolute atomic E-state index is 4.65. The Labute approximate surface area is 80.0 Å². The molecule has 1 aliphatic heterocycles. The molecule has 0 radical (unpaired) electrons. The average molecular weight is 178 g/mol. The first-order chi connectivity index (χ1) is 6.29. The Balaban J connectivity index is 2.18. The molecule has 0 bridgehead atoms. The second-order valence-corrected chi connectivity index (χ2v) is 4.19. The number of hydrogen-bond donors (Lipinski definition) is 0. The zero-order valence-corrected chi connectivity index (χ0v) is 8.58. The van der Waals surface area contributed by atoms with Gasteiger partial charge < -0.3 is 4.57 Å². The molecule has 1 aromatic heterocycles. The van der Waals surface area contributed by atoms with E-state index in [1.54, 1.807) is 0 Å². The Morgan fingerprint density at radius 1 is 1.62 bits per heavy atom. The minimum atomic E-state index is 0.823. The third-order valence-electron chi connectivity index (χ3n) is 2.81. The Bertz CT molecular complexity index is 288. The van der Waals surface area contributed by atoms with Gasteiger partial charge in [-0.15, -0.1) is 0 Å². The van der Waals surface area contributed by atoms with Gasteiger partial charge in [0.05, 0.1) is 5.69 Å². The van der Waals surface area contributed by atoms with E-state index in [0.717, 1.165) is 12.3 Å². The fourth-order valence-electron chi connectivity index (χ4n) is 2.02. The fraction of sp³-hybridized carbons (Fsp3) is 0.727. The number of fused-ring (bicyclic) bond motifs is 1. The number of rotatable bonds is 2. The highest BCUT2D eigenvalue weighted by atomic mass is 15.1. The van der Waals surface area contributed by atoms with E-state index in [9.17, 15) is 0 Å². The second-order valence-electron chi connectivity index (χ2n) is 4.19. The summed E-state index contributed by atoms with van der Waals surface area (Å²) >= 11 is 0. The Hall–Kier alpha value is -0.790. The van der Waals surface area contributed by atoms with E-state index < -0.39 is 0 Å². The maximum atomic E-state index is 4.65. The first-order valence-corrected chi connectivity index (χ1v) is 5.34. The van der Waals surface area contributed by atoms with Crippen LogP contribution in [0.25, 0.3) is 0 Å². The lowest BCUT2D eigenvalue weighted by molar-refractivity contribution is 0.409. The lowest BCUT2D eigenvalue weighted by Gasteiger charge is -2.18. The molecule has 0 amide bonds. The molecular formula is C11H18N2. The molecule has 1 aromatic rings. The van der Waals surface area contributed by atoms with Crippen LogP contribution in [0.15, 0.2) is 6.20 Å². The van der Waals surface area contributed by atoms with Gasteiger partial charge in [0, 0.05) is 19.2 Å². The smallest absolute Gasteiger partial charge is 0.109 e. The van der Waals surface area contributed by atoms with E-state index in [0.29, 0.717) is 0 Å². The van der Waals surface area contributed by atoms with Crippen molar-refractivity contribution in [3.63, 3.8) is 0 Å². The predicted octanol–water partition coefficient (Wildman–Crippen LogP) is 2.42. The lowest BCUT2D eigenvalue weighted by Crippen LogP contribution is -2.16. The Kier molecular flexibility index (Phi) is 2.38. The Morgan fingerprint density at radius 2 is 2.46 bits per heavy atom. The van der Waals surface area contributed by atoms with Crippen LogP contribution in [0.4, 0.5) is 0 Å². The molecule has 13 heavy (non-hydrogen) atoms. The van der Waals surface area contributed by atoms with Crippen LogP contribution in [0.5, 0.6) is 0 Å². The van der Waals surface area contributed by atoms with Gasteiger partial charge in [-0.25, -0.2) is 4.98 Å². The summed E-state index contributed by atoms with van der Waals surface area (Å²) < 4.78 is 2.34. The molecule has 1 aliphatic rings. The maximum Gasteiger partial charge on any atom is 0.109 e. The highest BCUT2D eigenvalue weighted by molar-refractivity contribution is 5.06. The van der Waals surface area contributed by atoms with Crippen molar-refractivity contribution in [3.05, 3.63) is 17.7 Å². The Morgan fingerprint density at radius 3 is 3.23 bits per heavy atom. The van der Waals surface area contributed by atoms with E-state index in [1.165, 1.54) is 37.3 Å². The molecule has 0 saturated carbocycles. The largest absolute Gasteiger partial charge is 0.335 e. The van der Waals surface area contributed by atoms with Gasteiger partial charge in [-0.2, -0.15) is 0 Å². The first kappa shape index (κ1) is 8.79. The zero-order chi connectivity index (χ0) is 9.26. The third-order valence-corrected chi connectivity index (χ3v) is 2.81. The summed E-state index contributed by atoms with van der Waals surface area (Å²) in [4.78, 5) is 4.65. The highest BCUT2D eigenvalue weighted by Crippen LogP contribution is 2.19. The van der Waals surface area contributed by atoms with Crippen molar-refractivity contribution < 1.29 is 0 Å². The van der Waals surface area contributed by atoms with E-state index in [-0.39, 0.29) is 0 Å². The SMILES string of the molecule is CCCc1cn2c(n1)CC(C)CC2. The normalized spacial score (nSPS) is 21.5. The van der Waals surface area contributed by atoms with Crippen molar-refractivity contribution in [2.24, 2.45) is 5.92 Å². The molecule has 0 fully saturated rings. The summed E-state index contributed by atoms with van der Waals surface area (Å²) in [7, 11) is 0. The number of hydrogen-bond acceptors (Lipinski definition) is 1. The monoisotopic (exact) mass is 178 g/mol. The highest BCUT2D eigenvalue weighted by Gasteiger charge is 2.16. The minimum Gasteiger partial charge on any atom is -0.335 e. The summed E-state index contributed by atoms with van der Waals surface area (Å²) in [5.41, 5.74) is 1.28. The molecule has 2 heteroatoms. The van der Waals surface area contributed by atoms with Crippen LogP contribution < -0.4 is 0 Å². The summed E-state index contributed by atoms with van der Waals surface area (Å²) in [6.07, 6.45) is 7.06. The summed E-state index contributed by atoms with van der Waals surface area (Å²) in [6.45, 7) is 5.70. The van der Waals surface area contributed by atoms with Crippen LogP contribution in [0.2, 0.25) is 0 Å². The van der Waals surface area contributed by atoms with Crippen LogP contribution in [0.1, 0.15) is 38.2 Å². The third kappa shape index (κ3) is 1.77. The van der Waals surface area contributed by atoms with Crippen molar-refractivity contribution in [1.29, 1.82) is 0 Å². The van der Waals surface area contributed by atoms with E-state index in [1.807, 2.05) is 0 Å². The van der Waals surface area contributed by atoms with E-state index >= 15 is 0 Å². The van der Waals surface area contributed by atoms with Crippen molar-refractivity contribution in [3.8, 4) is 0 Å². The summed E-state index contributed by atoms with van der Waals surface area (Å²) in [6, 6.07) is 0. The van der Waals surface area contributed by atoms with Crippen LogP contribution >= 0.6 is 0 Å². The number of aryl methyl sites for hydroxylation is 2. The number of aromatic nitrogens is 2. The zero-order valence-electron chi connectivity index (χ0n) is 8.58. The molecule has 0 aliphatic carbocycles. The van der Waals surface area contributed by atoms with Crippen LogP contribution in [0.3, 0.4) is 0 Å². The molecule has 0 aromatic carbocycles. The van der Waals surface area contributed by atoms with Gasteiger partial charge in [-0.1, -0.05) is 20.3 Å². The molecular weight excluding hydrogens is 160 g/mol. The minimum absolute atomic E-state index is 0.823. The van der Waals surface area contributed by atoms with Crippen LogP contribution in [-0.4, -0.2) is 9.55 Å².